The van der Waals surface area contributed by atoms with Crippen LogP contribution in [-0.4, -0.2) is 48.1 Å². The van der Waals surface area contributed by atoms with E-state index in [9.17, 15) is 4.79 Å². The summed E-state index contributed by atoms with van der Waals surface area (Å²) in [6.45, 7) is 13.5. The van der Waals surface area contributed by atoms with Gasteiger partial charge in [-0.3, -0.25) is 9.69 Å². The van der Waals surface area contributed by atoms with Crippen LogP contribution in [-0.2, 0) is 4.79 Å². The number of hydrogen-bond acceptors (Lipinski definition) is 3. The highest BCUT2D eigenvalue weighted by Crippen LogP contribution is 2.16. The smallest absolute Gasteiger partial charge is 0.237 e. The van der Waals surface area contributed by atoms with E-state index in [1.807, 2.05) is 6.92 Å². The zero-order chi connectivity index (χ0) is 14.5. The molecule has 1 unspecified atom stereocenters. The van der Waals surface area contributed by atoms with E-state index in [-0.39, 0.29) is 17.5 Å². The van der Waals surface area contributed by atoms with Crippen LogP contribution in [0.4, 0.5) is 0 Å². The fourth-order valence-electron chi connectivity index (χ4n) is 2.66. The van der Waals surface area contributed by atoms with Gasteiger partial charge in [-0.15, -0.1) is 0 Å². The Hall–Kier alpha value is -0.610. The van der Waals surface area contributed by atoms with E-state index in [1.165, 1.54) is 0 Å². The summed E-state index contributed by atoms with van der Waals surface area (Å²) >= 11 is 0. The van der Waals surface area contributed by atoms with E-state index >= 15 is 0 Å². The molecular weight excluding hydrogens is 238 g/mol. The minimum absolute atomic E-state index is 0.0427. The number of nitrogens with one attached hydrogen (secondary N) is 2. The van der Waals surface area contributed by atoms with Crippen molar-refractivity contribution < 1.29 is 4.79 Å². The molecule has 0 aromatic carbocycles. The van der Waals surface area contributed by atoms with Gasteiger partial charge in [0, 0.05) is 11.6 Å². The second-order valence-electron chi connectivity index (χ2n) is 6.21. The predicted molar refractivity (Wildman–Crippen MR) is 80.2 cm³/mol. The fraction of sp³-hybridized carbons (Fsp3) is 0.933. The summed E-state index contributed by atoms with van der Waals surface area (Å²) in [7, 11) is 0. The SMILES string of the molecule is CCN(C1CCNCC1)C(C)C(=O)NC(C)(C)CC. The molecule has 112 valence electrons. The van der Waals surface area contributed by atoms with Gasteiger partial charge < -0.3 is 10.6 Å². The Balaban J connectivity index is 2.61. The summed E-state index contributed by atoms with van der Waals surface area (Å²) < 4.78 is 0. The Morgan fingerprint density at radius 2 is 1.95 bits per heavy atom. The highest BCUT2D eigenvalue weighted by atomic mass is 16.2. The van der Waals surface area contributed by atoms with Gasteiger partial charge in [-0.1, -0.05) is 13.8 Å². The lowest BCUT2D eigenvalue weighted by molar-refractivity contribution is -0.128. The minimum atomic E-state index is -0.112. The molecule has 0 spiro atoms. The summed E-state index contributed by atoms with van der Waals surface area (Å²) in [5, 5.41) is 6.55. The molecule has 1 rings (SSSR count). The summed E-state index contributed by atoms with van der Waals surface area (Å²) in [5.74, 6) is 0.159. The van der Waals surface area contributed by atoms with Crippen LogP contribution in [0.3, 0.4) is 0 Å². The number of hydrogen-bond donors (Lipinski definition) is 2. The topological polar surface area (TPSA) is 44.4 Å². The summed E-state index contributed by atoms with van der Waals surface area (Å²) in [6, 6.07) is 0.496. The first kappa shape index (κ1) is 16.4. The maximum Gasteiger partial charge on any atom is 0.237 e. The zero-order valence-electron chi connectivity index (χ0n) is 13.3. The summed E-state index contributed by atoms with van der Waals surface area (Å²) in [5.41, 5.74) is -0.112. The molecule has 0 aromatic rings. The van der Waals surface area contributed by atoms with Crippen LogP contribution >= 0.6 is 0 Å². The molecule has 0 bridgehead atoms. The van der Waals surface area contributed by atoms with Gasteiger partial charge in [-0.25, -0.2) is 0 Å². The molecule has 2 N–H and O–H groups in total. The number of carbonyl (C=O) groups excluding carboxylic acids is 1. The second kappa shape index (κ2) is 7.25. The highest BCUT2D eigenvalue weighted by molar-refractivity contribution is 5.82. The van der Waals surface area contributed by atoms with E-state index < -0.39 is 0 Å². The van der Waals surface area contributed by atoms with Crippen molar-refractivity contribution in [1.82, 2.24) is 15.5 Å². The lowest BCUT2D eigenvalue weighted by atomic mass is 10.00. The molecule has 19 heavy (non-hydrogen) atoms. The number of nitrogens with zero attached hydrogens (tertiary/aromatic N) is 1. The van der Waals surface area contributed by atoms with Crippen LogP contribution in [0.15, 0.2) is 0 Å². The summed E-state index contributed by atoms with van der Waals surface area (Å²) in [4.78, 5) is 14.7. The van der Waals surface area contributed by atoms with Crippen molar-refractivity contribution in [2.75, 3.05) is 19.6 Å². The normalized spacial score (nSPS) is 19.5. The molecule has 1 saturated heterocycles. The van der Waals surface area contributed by atoms with Crippen molar-refractivity contribution >= 4 is 5.91 Å². The van der Waals surface area contributed by atoms with Crippen molar-refractivity contribution in [3.63, 3.8) is 0 Å². The molecule has 0 radical (unpaired) electrons. The van der Waals surface area contributed by atoms with Gasteiger partial charge in [0.25, 0.3) is 0 Å². The summed E-state index contributed by atoms with van der Waals surface area (Å²) in [6.07, 6.45) is 3.23. The number of likely N-dealkylation sites (N-methyl/N-ethyl adjacent to an activating group) is 1. The molecule has 4 nitrogen and oxygen atoms in total. The Labute approximate surface area is 118 Å². The van der Waals surface area contributed by atoms with Gasteiger partial charge in [0.15, 0.2) is 0 Å². The van der Waals surface area contributed by atoms with Gasteiger partial charge >= 0.3 is 0 Å². The van der Waals surface area contributed by atoms with Crippen LogP contribution in [0.1, 0.15) is 53.9 Å². The standard InChI is InChI=1S/C15H31N3O/c1-6-15(4,5)17-14(19)12(3)18(7-2)13-8-10-16-11-9-13/h12-13,16H,6-11H2,1-5H3,(H,17,19). The quantitative estimate of drug-likeness (QED) is 0.772. The van der Waals surface area contributed by atoms with Crippen molar-refractivity contribution in [1.29, 1.82) is 0 Å². The lowest BCUT2D eigenvalue weighted by Crippen LogP contribution is -2.55. The molecule has 1 amide bonds. The van der Waals surface area contributed by atoms with Gasteiger partial charge in [0.05, 0.1) is 6.04 Å². The molecular formula is C15H31N3O. The van der Waals surface area contributed by atoms with E-state index in [4.69, 9.17) is 0 Å². The van der Waals surface area contributed by atoms with Crippen molar-refractivity contribution in [2.24, 2.45) is 0 Å². The molecule has 4 heteroatoms. The third-order valence-electron chi connectivity index (χ3n) is 4.37. The van der Waals surface area contributed by atoms with Crippen LogP contribution in [0.2, 0.25) is 0 Å². The van der Waals surface area contributed by atoms with Crippen LogP contribution in [0, 0.1) is 0 Å². The second-order valence-corrected chi connectivity index (χ2v) is 6.21. The third-order valence-corrected chi connectivity index (χ3v) is 4.37. The molecule has 0 saturated carbocycles. The number of carbonyl (C=O) groups is 1. The molecule has 0 aliphatic carbocycles. The third kappa shape index (κ3) is 4.77. The highest BCUT2D eigenvalue weighted by Gasteiger charge is 2.30. The molecule has 1 aliphatic rings. The Kier molecular flexibility index (Phi) is 6.27. The van der Waals surface area contributed by atoms with Crippen LogP contribution in [0.25, 0.3) is 0 Å². The fourth-order valence-corrected chi connectivity index (χ4v) is 2.66. The number of amides is 1. The molecule has 1 heterocycles. The zero-order valence-corrected chi connectivity index (χ0v) is 13.3. The molecule has 0 aromatic heterocycles. The maximum atomic E-state index is 12.4. The Morgan fingerprint density at radius 3 is 2.42 bits per heavy atom. The van der Waals surface area contributed by atoms with Crippen molar-refractivity contribution in [2.45, 2.75) is 71.5 Å². The van der Waals surface area contributed by atoms with E-state index in [0.29, 0.717) is 6.04 Å². The lowest BCUT2D eigenvalue weighted by Gasteiger charge is -2.38. The average Bonchev–Trinajstić information content (AvgIpc) is 2.40. The molecule has 1 fully saturated rings. The van der Waals surface area contributed by atoms with E-state index in [0.717, 1.165) is 38.9 Å². The van der Waals surface area contributed by atoms with Crippen LogP contribution in [0.5, 0.6) is 0 Å². The van der Waals surface area contributed by atoms with E-state index in [1.54, 1.807) is 0 Å². The van der Waals surface area contributed by atoms with Gasteiger partial charge in [0.1, 0.15) is 0 Å². The Morgan fingerprint density at radius 1 is 1.37 bits per heavy atom. The van der Waals surface area contributed by atoms with Gasteiger partial charge in [0.2, 0.25) is 5.91 Å². The maximum absolute atomic E-state index is 12.4. The predicted octanol–water partition coefficient (Wildman–Crippen LogP) is 1.75. The van der Waals surface area contributed by atoms with Gasteiger partial charge in [-0.2, -0.15) is 0 Å². The monoisotopic (exact) mass is 269 g/mol. The Bertz CT molecular complexity index is 285. The number of piperidine rings is 1. The first-order chi connectivity index (χ1) is 8.91. The largest absolute Gasteiger partial charge is 0.350 e. The first-order valence-electron chi connectivity index (χ1n) is 7.69. The first-order valence-corrected chi connectivity index (χ1v) is 7.69. The van der Waals surface area contributed by atoms with Crippen molar-refractivity contribution in [3.05, 3.63) is 0 Å². The minimum Gasteiger partial charge on any atom is -0.350 e. The number of rotatable bonds is 6. The van der Waals surface area contributed by atoms with E-state index in [2.05, 4.69) is 43.2 Å². The van der Waals surface area contributed by atoms with Crippen LogP contribution < -0.4 is 10.6 Å². The molecule has 1 atom stereocenters. The average molecular weight is 269 g/mol. The van der Waals surface area contributed by atoms with Crippen molar-refractivity contribution in [3.8, 4) is 0 Å². The molecule has 1 aliphatic heterocycles. The van der Waals surface area contributed by atoms with Gasteiger partial charge in [-0.05, 0) is 59.7 Å².